The minimum atomic E-state index is -0.227. The van der Waals surface area contributed by atoms with Crippen LogP contribution in [0.4, 0.5) is 0 Å². The Morgan fingerprint density at radius 2 is 1.85 bits per heavy atom. The number of hydrogen-bond donors (Lipinski definition) is 0. The van der Waals surface area contributed by atoms with Crippen molar-refractivity contribution in [2.45, 2.75) is 31.9 Å². The van der Waals surface area contributed by atoms with Crippen LogP contribution in [0.1, 0.15) is 37.5 Å². The second kappa shape index (κ2) is 8.60. The molecule has 1 aliphatic rings. The number of furan rings is 1. The average Bonchev–Trinajstić information content (AvgIpc) is 3.23. The normalized spacial score (nSPS) is 14.6. The number of carbonyl (C=O) groups is 2. The predicted molar refractivity (Wildman–Crippen MR) is 105 cm³/mol. The third kappa shape index (κ3) is 4.05. The fourth-order valence-electron chi connectivity index (χ4n) is 2.82. The van der Waals surface area contributed by atoms with Crippen molar-refractivity contribution in [2.24, 2.45) is 0 Å². The zero-order valence-electron chi connectivity index (χ0n) is 14.5. The van der Waals surface area contributed by atoms with Gasteiger partial charge in [0.05, 0.1) is 22.5 Å². The molecule has 0 spiro atoms. The van der Waals surface area contributed by atoms with Gasteiger partial charge in [0.2, 0.25) is 0 Å². The summed E-state index contributed by atoms with van der Waals surface area (Å²) in [4.78, 5) is 27.7. The lowest BCUT2D eigenvalue weighted by Gasteiger charge is -2.14. The Labute approximate surface area is 162 Å². The smallest absolute Gasteiger partial charge is 0.267 e. The number of halogens is 1. The predicted octanol–water partition coefficient (Wildman–Crippen LogP) is 5.14. The number of benzene rings is 1. The van der Waals surface area contributed by atoms with Crippen LogP contribution in [0.15, 0.2) is 52.0 Å². The van der Waals surface area contributed by atoms with Crippen molar-refractivity contribution in [1.29, 1.82) is 0 Å². The molecule has 136 valence electrons. The number of rotatable bonds is 8. The molecule has 6 heteroatoms. The van der Waals surface area contributed by atoms with Crippen molar-refractivity contribution in [3.05, 3.63) is 63.9 Å². The Balaban J connectivity index is 1.89. The van der Waals surface area contributed by atoms with E-state index in [1.165, 1.54) is 16.7 Å². The summed E-state index contributed by atoms with van der Waals surface area (Å²) in [7, 11) is 0. The molecule has 0 unspecified atom stereocenters. The van der Waals surface area contributed by atoms with Gasteiger partial charge in [-0.2, -0.15) is 0 Å². The van der Waals surface area contributed by atoms with Crippen LogP contribution >= 0.6 is 23.4 Å². The van der Waals surface area contributed by atoms with E-state index in [9.17, 15) is 9.59 Å². The van der Waals surface area contributed by atoms with E-state index in [1.807, 2.05) is 12.1 Å². The lowest BCUT2D eigenvalue weighted by molar-refractivity contribution is -0.136. The molecule has 1 aromatic carbocycles. The summed E-state index contributed by atoms with van der Waals surface area (Å²) in [6, 6.07) is 10.7. The molecule has 0 saturated carbocycles. The van der Waals surface area contributed by atoms with Crippen molar-refractivity contribution in [3.63, 3.8) is 0 Å². The molecule has 3 rings (SSSR count). The van der Waals surface area contributed by atoms with Gasteiger partial charge in [0.25, 0.3) is 11.8 Å². The minimum absolute atomic E-state index is 0.215. The van der Waals surface area contributed by atoms with Crippen molar-refractivity contribution < 1.29 is 14.0 Å². The molecule has 2 heterocycles. The van der Waals surface area contributed by atoms with Gasteiger partial charge in [0.15, 0.2) is 0 Å². The quantitative estimate of drug-likeness (QED) is 0.463. The highest BCUT2D eigenvalue weighted by atomic mass is 35.5. The van der Waals surface area contributed by atoms with E-state index in [4.69, 9.17) is 16.0 Å². The van der Waals surface area contributed by atoms with Crippen molar-refractivity contribution >= 4 is 40.8 Å². The maximum absolute atomic E-state index is 12.9. The SMILES string of the molecule is CCCCCN1C(=O)C(SCc2ccco2)=C(c2ccc(Cl)cc2)C1=O. The molecular formula is C20H20ClNO3S. The molecule has 0 fully saturated rings. The highest BCUT2D eigenvalue weighted by molar-refractivity contribution is 8.03. The maximum Gasteiger partial charge on any atom is 0.267 e. The Hall–Kier alpha value is -1.98. The van der Waals surface area contributed by atoms with Gasteiger partial charge in [0, 0.05) is 11.6 Å². The minimum Gasteiger partial charge on any atom is -0.468 e. The molecule has 4 nitrogen and oxygen atoms in total. The molecule has 0 radical (unpaired) electrons. The van der Waals surface area contributed by atoms with Gasteiger partial charge < -0.3 is 4.42 Å². The summed E-state index contributed by atoms with van der Waals surface area (Å²) in [5, 5.41) is 0.593. The molecule has 2 aromatic rings. The highest BCUT2D eigenvalue weighted by Gasteiger charge is 2.38. The molecule has 0 bridgehead atoms. The number of carbonyl (C=O) groups excluding carboxylic acids is 2. The van der Waals surface area contributed by atoms with Gasteiger partial charge >= 0.3 is 0 Å². The van der Waals surface area contributed by atoms with Gasteiger partial charge in [-0.05, 0) is 36.2 Å². The first kappa shape index (κ1) is 18.8. The lowest BCUT2D eigenvalue weighted by Crippen LogP contribution is -2.32. The van der Waals surface area contributed by atoms with Crippen LogP contribution in [-0.2, 0) is 15.3 Å². The number of hydrogen-bond acceptors (Lipinski definition) is 4. The summed E-state index contributed by atoms with van der Waals surface area (Å²) in [6.07, 6.45) is 4.44. The van der Waals surface area contributed by atoms with Crippen LogP contribution in [0.5, 0.6) is 0 Å². The fourth-order valence-corrected chi connectivity index (χ4v) is 3.98. The van der Waals surface area contributed by atoms with Crippen molar-refractivity contribution in [1.82, 2.24) is 4.90 Å². The maximum atomic E-state index is 12.9. The van der Waals surface area contributed by atoms with Crippen LogP contribution in [0.2, 0.25) is 5.02 Å². The first-order valence-electron chi connectivity index (χ1n) is 8.63. The number of amides is 2. The summed E-state index contributed by atoms with van der Waals surface area (Å²) in [5.74, 6) is 0.826. The molecule has 26 heavy (non-hydrogen) atoms. The van der Waals surface area contributed by atoms with E-state index in [0.717, 1.165) is 25.0 Å². The molecule has 0 atom stereocenters. The first-order valence-corrected chi connectivity index (χ1v) is 9.99. The van der Waals surface area contributed by atoms with Crippen molar-refractivity contribution in [3.8, 4) is 0 Å². The topological polar surface area (TPSA) is 50.5 Å². The number of unbranched alkanes of at least 4 members (excludes halogenated alkanes) is 2. The molecular weight excluding hydrogens is 370 g/mol. The van der Waals surface area contributed by atoms with Gasteiger partial charge in [-0.3, -0.25) is 14.5 Å². The second-order valence-electron chi connectivity index (χ2n) is 6.05. The van der Waals surface area contributed by atoms with E-state index in [-0.39, 0.29) is 11.8 Å². The number of nitrogens with zero attached hydrogens (tertiary/aromatic N) is 1. The van der Waals surface area contributed by atoms with Crippen LogP contribution in [0.25, 0.3) is 5.57 Å². The Morgan fingerprint density at radius 3 is 2.50 bits per heavy atom. The van der Waals surface area contributed by atoms with Crippen LogP contribution < -0.4 is 0 Å². The molecule has 2 amide bonds. The van der Waals surface area contributed by atoms with Gasteiger partial charge in [0.1, 0.15) is 5.76 Å². The monoisotopic (exact) mass is 389 g/mol. The molecule has 1 aromatic heterocycles. The Kier molecular flexibility index (Phi) is 6.22. The van der Waals surface area contributed by atoms with E-state index < -0.39 is 0 Å². The summed E-state index contributed by atoms with van der Waals surface area (Å²) in [5.41, 5.74) is 1.17. The second-order valence-corrected chi connectivity index (χ2v) is 7.47. The third-order valence-electron chi connectivity index (χ3n) is 4.18. The summed E-state index contributed by atoms with van der Waals surface area (Å²) < 4.78 is 5.35. The fraction of sp³-hybridized carbons (Fsp3) is 0.300. The standard InChI is InChI=1S/C20H20ClNO3S/c1-2-3-4-11-22-19(23)17(14-7-9-15(21)10-8-14)18(20(22)24)26-13-16-6-5-12-25-16/h5-10,12H,2-4,11,13H2,1H3. The van der Waals surface area contributed by atoms with Crippen LogP contribution in [-0.4, -0.2) is 23.3 Å². The van der Waals surface area contributed by atoms with E-state index in [0.29, 0.717) is 33.4 Å². The van der Waals surface area contributed by atoms with Gasteiger partial charge in [-0.25, -0.2) is 0 Å². The Bertz CT molecular complexity index is 812. The average molecular weight is 390 g/mol. The molecule has 0 aliphatic carbocycles. The largest absolute Gasteiger partial charge is 0.468 e. The summed E-state index contributed by atoms with van der Waals surface area (Å²) >= 11 is 7.31. The zero-order chi connectivity index (χ0) is 18.5. The van der Waals surface area contributed by atoms with E-state index >= 15 is 0 Å². The number of thioether (sulfide) groups is 1. The summed E-state index contributed by atoms with van der Waals surface area (Å²) in [6.45, 7) is 2.54. The first-order chi connectivity index (χ1) is 12.6. The van der Waals surface area contributed by atoms with Gasteiger partial charge in [-0.15, -0.1) is 11.8 Å². The highest BCUT2D eigenvalue weighted by Crippen LogP contribution is 2.38. The van der Waals surface area contributed by atoms with E-state index in [2.05, 4.69) is 6.92 Å². The lowest BCUT2D eigenvalue weighted by atomic mass is 10.1. The zero-order valence-corrected chi connectivity index (χ0v) is 16.1. The van der Waals surface area contributed by atoms with Crippen molar-refractivity contribution in [2.75, 3.05) is 6.54 Å². The van der Waals surface area contributed by atoms with Gasteiger partial charge in [-0.1, -0.05) is 43.5 Å². The third-order valence-corrected chi connectivity index (χ3v) is 5.53. The van der Waals surface area contributed by atoms with Crippen LogP contribution in [0, 0.1) is 0 Å². The van der Waals surface area contributed by atoms with Crippen LogP contribution in [0.3, 0.4) is 0 Å². The molecule has 1 aliphatic heterocycles. The van der Waals surface area contributed by atoms with E-state index in [1.54, 1.807) is 30.5 Å². The number of imide groups is 1. The Morgan fingerprint density at radius 1 is 1.08 bits per heavy atom. The molecule has 0 N–H and O–H groups in total. The molecule has 0 saturated heterocycles.